The van der Waals surface area contributed by atoms with Crippen molar-refractivity contribution in [3.63, 3.8) is 0 Å². The first kappa shape index (κ1) is 20.2. The van der Waals surface area contributed by atoms with Crippen molar-refractivity contribution in [3.05, 3.63) is 0 Å². The van der Waals surface area contributed by atoms with Crippen molar-refractivity contribution in [3.8, 4) is 0 Å². The first-order valence-corrected chi connectivity index (χ1v) is 7.60. The zero-order chi connectivity index (χ0) is 18.4. The van der Waals surface area contributed by atoms with Crippen LogP contribution in [0.2, 0.25) is 0 Å². The Morgan fingerprint density at radius 1 is 0.958 bits per heavy atom. The molecule has 136 valence electrons. The molecule has 1 rings (SSSR count). The largest absolute Gasteiger partial charge is 0.463 e. The summed E-state index contributed by atoms with van der Waals surface area (Å²) in [4.78, 5) is 45.2. The molecule has 0 spiro atoms. The number of esters is 3. The molecule has 9 nitrogen and oxygen atoms in total. The average molecular weight is 366 g/mol. The maximum Gasteiger partial charge on any atom is 0.303 e. The summed E-state index contributed by atoms with van der Waals surface area (Å²) in [6, 6.07) is -0.953. The van der Waals surface area contributed by atoms with Gasteiger partial charge in [0, 0.05) is 27.7 Å². The van der Waals surface area contributed by atoms with Crippen molar-refractivity contribution >= 4 is 35.4 Å². The lowest BCUT2D eigenvalue weighted by Gasteiger charge is -2.43. The monoisotopic (exact) mass is 365 g/mol. The van der Waals surface area contributed by atoms with Crippen LogP contribution in [0.15, 0.2) is 0 Å². The Hall–Kier alpha value is -1.87. The summed E-state index contributed by atoms with van der Waals surface area (Å²) in [5.41, 5.74) is -1.09. The van der Waals surface area contributed by atoms with Gasteiger partial charge in [0.1, 0.15) is 18.8 Å². The zero-order valence-electron chi connectivity index (χ0n) is 13.7. The fourth-order valence-electron chi connectivity index (χ4n) is 2.28. The van der Waals surface area contributed by atoms with Crippen LogP contribution < -0.4 is 5.32 Å². The number of alkyl halides is 1. The van der Waals surface area contributed by atoms with Crippen molar-refractivity contribution in [2.75, 3.05) is 6.61 Å². The van der Waals surface area contributed by atoms with Crippen LogP contribution in [-0.4, -0.2) is 60.3 Å². The van der Waals surface area contributed by atoms with Gasteiger partial charge < -0.3 is 24.3 Å². The second kappa shape index (κ2) is 8.84. The third-order valence-electron chi connectivity index (χ3n) is 3.06. The lowest BCUT2D eigenvalue weighted by atomic mass is 9.97. The zero-order valence-corrected chi connectivity index (χ0v) is 14.5. The molecule has 10 heteroatoms. The number of hydrogen-bond donors (Lipinski definition) is 1. The average Bonchev–Trinajstić information content (AvgIpc) is 2.42. The molecular weight excluding hydrogens is 346 g/mol. The predicted octanol–water partition coefficient (Wildman–Crippen LogP) is -0.119. The SMILES string of the molecule is CC(=O)NC1C(Cl)OC(COC(C)=O)C(OC(C)=O)C1OC(C)=O. The molecule has 0 aromatic heterocycles. The van der Waals surface area contributed by atoms with Gasteiger partial charge in [0.05, 0.1) is 0 Å². The number of amides is 1. The number of nitrogens with one attached hydrogen (secondary N) is 1. The predicted molar refractivity (Wildman–Crippen MR) is 79.9 cm³/mol. The van der Waals surface area contributed by atoms with E-state index in [-0.39, 0.29) is 6.61 Å². The molecule has 0 radical (unpaired) electrons. The second-order valence-corrected chi connectivity index (χ2v) is 5.63. The van der Waals surface area contributed by atoms with E-state index >= 15 is 0 Å². The Balaban J connectivity index is 3.11. The molecule has 1 amide bonds. The summed E-state index contributed by atoms with van der Waals surface area (Å²) in [5.74, 6) is -2.33. The van der Waals surface area contributed by atoms with Crippen LogP contribution in [0.4, 0.5) is 0 Å². The van der Waals surface area contributed by atoms with Crippen LogP contribution in [0.5, 0.6) is 0 Å². The minimum Gasteiger partial charge on any atom is -0.463 e. The van der Waals surface area contributed by atoms with E-state index in [0.717, 1.165) is 13.8 Å². The van der Waals surface area contributed by atoms with Gasteiger partial charge in [-0.2, -0.15) is 0 Å². The summed E-state index contributed by atoms with van der Waals surface area (Å²) in [7, 11) is 0. The highest BCUT2D eigenvalue weighted by Gasteiger charge is 2.50. The smallest absolute Gasteiger partial charge is 0.303 e. The summed E-state index contributed by atoms with van der Waals surface area (Å²) in [6.45, 7) is 4.51. The topological polar surface area (TPSA) is 117 Å². The Bertz CT molecular complexity index is 511. The highest BCUT2D eigenvalue weighted by Crippen LogP contribution is 2.28. The normalized spacial score (nSPS) is 29.3. The molecule has 1 aliphatic heterocycles. The lowest BCUT2D eigenvalue weighted by molar-refractivity contribution is -0.212. The van der Waals surface area contributed by atoms with Crippen molar-refractivity contribution < 1.29 is 38.1 Å². The molecule has 1 fully saturated rings. The van der Waals surface area contributed by atoms with Gasteiger partial charge in [-0.25, -0.2) is 0 Å². The van der Waals surface area contributed by atoms with E-state index in [1.807, 2.05) is 0 Å². The quantitative estimate of drug-likeness (QED) is 0.407. The number of hydrogen-bond acceptors (Lipinski definition) is 8. The molecular formula is C14H20ClNO8. The molecule has 1 heterocycles. The summed E-state index contributed by atoms with van der Waals surface area (Å²) < 4.78 is 20.7. The number of halogens is 1. The minimum absolute atomic E-state index is 0.263. The van der Waals surface area contributed by atoms with E-state index in [1.54, 1.807) is 0 Å². The molecule has 0 aromatic carbocycles. The van der Waals surface area contributed by atoms with E-state index < -0.39 is 53.7 Å². The van der Waals surface area contributed by atoms with Gasteiger partial charge >= 0.3 is 17.9 Å². The number of carbonyl (C=O) groups excluding carboxylic acids is 4. The van der Waals surface area contributed by atoms with Gasteiger partial charge in [-0.1, -0.05) is 11.6 Å². The fraction of sp³-hybridized carbons (Fsp3) is 0.714. The summed E-state index contributed by atoms with van der Waals surface area (Å²) in [6.07, 6.45) is -3.18. The summed E-state index contributed by atoms with van der Waals surface area (Å²) in [5, 5.41) is 2.50. The number of carbonyl (C=O) groups is 4. The van der Waals surface area contributed by atoms with Gasteiger partial charge in [0.15, 0.2) is 17.8 Å². The second-order valence-electron chi connectivity index (χ2n) is 5.20. The molecule has 5 unspecified atom stereocenters. The Morgan fingerprint density at radius 3 is 1.96 bits per heavy atom. The molecule has 0 aromatic rings. The Labute approximate surface area is 143 Å². The van der Waals surface area contributed by atoms with Crippen molar-refractivity contribution in [2.24, 2.45) is 0 Å². The van der Waals surface area contributed by atoms with Crippen molar-refractivity contribution in [1.82, 2.24) is 5.32 Å². The van der Waals surface area contributed by atoms with E-state index in [9.17, 15) is 19.2 Å². The molecule has 0 aliphatic carbocycles. The molecule has 0 saturated carbocycles. The standard InChI is InChI=1S/C14H20ClNO8/c1-6(17)16-11-13(23-9(4)20)12(22-8(3)19)10(24-14(11)15)5-21-7(2)18/h10-14H,5H2,1-4H3,(H,16,17). The molecule has 1 aliphatic rings. The van der Waals surface area contributed by atoms with E-state index in [2.05, 4.69) is 5.32 Å². The third-order valence-corrected chi connectivity index (χ3v) is 3.43. The third kappa shape index (κ3) is 5.97. The van der Waals surface area contributed by atoms with Gasteiger partial charge in [-0.3, -0.25) is 19.2 Å². The first-order chi connectivity index (χ1) is 11.1. The minimum atomic E-state index is -1.11. The van der Waals surface area contributed by atoms with Gasteiger partial charge in [0.2, 0.25) is 5.91 Å². The van der Waals surface area contributed by atoms with Crippen LogP contribution >= 0.6 is 11.6 Å². The maximum absolute atomic E-state index is 11.4. The van der Waals surface area contributed by atoms with Crippen LogP contribution in [0.3, 0.4) is 0 Å². The molecule has 1 N–H and O–H groups in total. The fourth-order valence-corrected chi connectivity index (χ4v) is 2.62. The van der Waals surface area contributed by atoms with Gasteiger partial charge in [-0.05, 0) is 0 Å². The van der Waals surface area contributed by atoms with E-state index in [1.165, 1.54) is 13.8 Å². The van der Waals surface area contributed by atoms with Crippen molar-refractivity contribution in [1.29, 1.82) is 0 Å². The maximum atomic E-state index is 11.4. The number of rotatable bonds is 5. The molecule has 0 bridgehead atoms. The van der Waals surface area contributed by atoms with Crippen molar-refractivity contribution in [2.45, 2.75) is 57.6 Å². The summed E-state index contributed by atoms with van der Waals surface area (Å²) >= 11 is 6.11. The molecule has 24 heavy (non-hydrogen) atoms. The van der Waals surface area contributed by atoms with Gasteiger partial charge in [-0.15, -0.1) is 0 Å². The Morgan fingerprint density at radius 2 is 1.50 bits per heavy atom. The lowest BCUT2D eigenvalue weighted by Crippen LogP contribution is -2.64. The highest BCUT2D eigenvalue weighted by molar-refractivity contribution is 6.20. The van der Waals surface area contributed by atoms with Crippen LogP contribution in [-0.2, 0) is 38.1 Å². The molecule has 5 atom stereocenters. The van der Waals surface area contributed by atoms with Crippen LogP contribution in [0.25, 0.3) is 0 Å². The Kier molecular flexibility index (Phi) is 7.43. The van der Waals surface area contributed by atoms with Crippen LogP contribution in [0.1, 0.15) is 27.7 Å². The first-order valence-electron chi connectivity index (χ1n) is 7.16. The van der Waals surface area contributed by atoms with Crippen LogP contribution in [0, 0.1) is 0 Å². The number of ether oxygens (including phenoxy) is 4. The highest BCUT2D eigenvalue weighted by atomic mass is 35.5. The van der Waals surface area contributed by atoms with Gasteiger partial charge in [0.25, 0.3) is 0 Å². The van der Waals surface area contributed by atoms with E-state index in [0.29, 0.717) is 0 Å². The van der Waals surface area contributed by atoms with E-state index in [4.69, 9.17) is 30.5 Å². The molecule has 1 saturated heterocycles.